The van der Waals surface area contributed by atoms with Crippen LogP contribution in [0.5, 0.6) is 0 Å². The molecule has 100 valence electrons. The van der Waals surface area contributed by atoms with Crippen molar-refractivity contribution in [3.8, 4) is 0 Å². The van der Waals surface area contributed by atoms with Crippen LogP contribution >= 0.6 is 38.9 Å². The second kappa shape index (κ2) is 6.03. The Bertz CT molecular complexity index is 627. The van der Waals surface area contributed by atoms with Gasteiger partial charge >= 0.3 is 0 Å². The molecule has 1 heterocycles. The van der Waals surface area contributed by atoms with Crippen LogP contribution in [-0.2, 0) is 6.54 Å². The Morgan fingerprint density at radius 1 is 1.53 bits per heavy atom. The molecule has 19 heavy (non-hydrogen) atoms. The topological polar surface area (TPSA) is 42.0 Å². The lowest BCUT2D eigenvalue weighted by Gasteiger charge is -2.11. The number of nitrogens with one attached hydrogen (secondary N) is 1. The zero-order chi connectivity index (χ0) is 14.0. The molecule has 0 aliphatic rings. The summed E-state index contributed by atoms with van der Waals surface area (Å²) in [5, 5.41) is 3.26. The van der Waals surface area contributed by atoms with E-state index in [1.54, 1.807) is 13.1 Å². The molecule has 1 N–H and O–H groups in total. The van der Waals surface area contributed by atoms with E-state index >= 15 is 0 Å². The molecule has 0 saturated heterocycles. The van der Waals surface area contributed by atoms with Crippen LogP contribution in [0, 0.1) is 6.92 Å². The van der Waals surface area contributed by atoms with Gasteiger partial charge in [-0.05, 0) is 31.5 Å². The van der Waals surface area contributed by atoms with Gasteiger partial charge in [0.05, 0.1) is 6.54 Å². The van der Waals surface area contributed by atoms with Gasteiger partial charge in [-0.2, -0.15) is 0 Å². The number of hydrogen-bond donors (Lipinski definition) is 1. The molecule has 0 atom stereocenters. The number of rotatable bonds is 4. The van der Waals surface area contributed by atoms with Crippen molar-refractivity contribution >= 4 is 50.3 Å². The molecule has 2 rings (SSSR count). The zero-order valence-electron chi connectivity index (χ0n) is 10.5. The lowest BCUT2D eigenvalue weighted by Crippen LogP contribution is -2.05. The Morgan fingerprint density at radius 2 is 2.26 bits per heavy atom. The van der Waals surface area contributed by atoms with Gasteiger partial charge in [0.1, 0.15) is 0 Å². The minimum atomic E-state index is 0.0329. The summed E-state index contributed by atoms with van der Waals surface area (Å²) >= 11 is 10.7. The van der Waals surface area contributed by atoms with E-state index in [4.69, 9.17) is 11.6 Å². The number of nitrogens with zero attached hydrogens (tertiary/aromatic N) is 1. The van der Waals surface area contributed by atoms with Gasteiger partial charge in [0.25, 0.3) is 0 Å². The molecule has 0 amide bonds. The molecule has 2 aromatic rings. The Labute approximate surface area is 129 Å². The van der Waals surface area contributed by atoms with Crippen molar-refractivity contribution in [1.29, 1.82) is 0 Å². The lowest BCUT2D eigenvalue weighted by atomic mass is 10.1. The van der Waals surface area contributed by atoms with Crippen LogP contribution in [0.15, 0.2) is 22.8 Å². The molecular formula is C13H12BrClN2OS. The second-order valence-electron chi connectivity index (χ2n) is 4.14. The van der Waals surface area contributed by atoms with Crippen LogP contribution in [0.25, 0.3) is 0 Å². The van der Waals surface area contributed by atoms with Crippen molar-refractivity contribution in [2.75, 3.05) is 5.32 Å². The van der Waals surface area contributed by atoms with Crippen LogP contribution in [0.3, 0.4) is 0 Å². The third-order valence-corrected chi connectivity index (χ3v) is 4.63. The number of ketones is 1. The van der Waals surface area contributed by atoms with E-state index in [-0.39, 0.29) is 5.78 Å². The molecule has 0 aliphatic heterocycles. The van der Waals surface area contributed by atoms with E-state index in [0.717, 1.165) is 20.6 Å². The summed E-state index contributed by atoms with van der Waals surface area (Å²) in [5.74, 6) is 0.0329. The number of anilines is 1. The number of halogens is 2. The first kappa shape index (κ1) is 14.5. The first-order valence-corrected chi connectivity index (χ1v) is 7.61. The fourth-order valence-corrected chi connectivity index (χ4v) is 2.93. The Hall–Kier alpha value is -0.910. The highest BCUT2D eigenvalue weighted by Gasteiger charge is 2.10. The Kier molecular flexibility index (Phi) is 4.60. The van der Waals surface area contributed by atoms with Crippen LogP contribution in [-0.4, -0.2) is 10.8 Å². The van der Waals surface area contributed by atoms with Gasteiger partial charge in [-0.3, -0.25) is 4.79 Å². The van der Waals surface area contributed by atoms with Gasteiger partial charge in [-0.15, -0.1) is 11.3 Å². The van der Waals surface area contributed by atoms with Crippen LogP contribution in [0.1, 0.15) is 27.7 Å². The molecule has 0 aliphatic carbocycles. The fraction of sp³-hybridized carbons (Fsp3) is 0.231. The van der Waals surface area contributed by atoms with Crippen molar-refractivity contribution in [2.24, 2.45) is 0 Å². The van der Waals surface area contributed by atoms with Crippen LogP contribution in [0.2, 0.25) is 4.47 Å². The van der Waals surface area contributed by atoms with Crippen molar-refractivity contribution in [3.05, 3.63) is 43.3 Å². The first-order chi connectivity index (χ1) is 8.97. The van der Waals surface area contributed by atoms with Crippen molar-refractivity contribution in [3.63, 3.8) is 0 Å². The van der Waals surface area contributed by atoms with Gasteiger partial charge in [0, 0.05) is 26.8 Å². The number of thiazole rings is 1. The van der Waals surface area contributed by atoms with Crippen molar-refractivity contribution in [1.82, 2.24) is 4.98 Å². The number of hydrogen-bond acceptors (Lipinski definition) is 4. The molecule has 3 nitrogen and oxygen atoms in total. The van der Waals surface area contributed by atoms with Crippen LogP contribution in [0.4, 0.5) is 5.69 Å². The molecule has 1 aromatic carbocycles. The minimum Gasteiger partial charge on any atom is -0.379 e. The maximum atomic E-state index is 11.7. The molecule has 0 fully saturated rings. The van der Waals surface area contributed by atoms with E-state index in [1.165, 1.54) is 11.3 Å². The molecule has 0 radical (unpaired) electrons. The smallest absolute Gasteiger partial charge is 0.183 e. The number of carbonyl (C=O) groups is 1. The van der Waals surface area contributed by atoms with Gasteiger partial charge in [0.2, 0.25) is 0 Å². The Balaban J connectivity index is 2.23. The third kappa shape index (κ3) is 3.55. The average molecular weight is 360 g/mol. The van der Waals surface area contributed by atoms with Gasteiger partial charge in [-0.1, -0.05) is 27.5 Å². The summed E-state index contributed by atoms with van der Waals surface area (Å²) in [7, 11) is 0. The number of Topliss-reactive ketones (excluding diaryl/α,β-unsaturated/α-hetero) is 1. The first-order valence-electron chi connectivity index (χ1n) is 5.62. The van der Waals surface area contributed by atoms with E-state index in [2.05, 4.69) is 26.2 Å². The minimum absolute atomic E-state index is 0.0329. The molecule has 6 heteroatoms. The third-order valence-electron chi connectivity index (χ3n) is 2.66. The number of aromatic nitrogens is 1. The quantitative estimate of drug-likeness (QED) is 0.806. The zero-order valence-corrected chi connectivity index (χ0v) is 13.6. The number of carbonyl (C=O) groups excluding carboxylic acids is 1. The summed E-state index contributed by atoms with van der Waals surface area (Å²) < 4.78 is 1.46. The molecule has 0 bridgehead atoms. The van der Waals surface area contributed by atoms with Gasteiger partial charge in [0.15, 0.2) is 10.3 Å². The number of aryl methyl sites for hydroxylation is 1. The second-order valence-corrected chi connectivity index (χ2v) is 6.69. The summed E-state index contributed by atoms with van der Waals surface area (Å²) in [4.78, 5) is 16.7. The molecular weight excluding hydrogens is 348 g/mol. The van der Waals surface area contributed by atoms with Gasteiger partial charge in [-0.25, -0.2) is 4.98 Å². The molecule has 0 spiro atoms. The fourth-order valence-electron chi connectivity index (χ4n) is 1.67. The predicted molar refractivity (Wildman–Crippen MR) is 83.3 cm³/mol. The highest BCUT2D eigenvalue weighted by Crippen LogP contribution is 2.27. The summed E-state index contributed by atoms with van der Waals surface area (Å²) in [6.07, 6.45) is 1.74. The maximum Gasteiger partial charge on any atom is 0.183 e. The molecule has 1 aromatic heterocycles. The summed E-state index contributed by atoms with van der Waals surface area (Å²) in [6, 6.07) is 3.81. The highest BCUT2D eigenvalue weighted by molar-refractivity contribution is 9.10. The predicted octanol–water partition coefficient (Wildman–Crippen LogP) is 4.68. The van der Waals surface area contributed by atoms with E-state index < -0.39 is 0 Å². The van der Waals surface area contributed by atoms with E-state index in [9.17, 15) is 4.79 Å². The SMILES string of the molecule is CC(=O)c1cc(Br)c(C)cc1NCc1cnc(Cl)s1. The van der Waals surface area contributed by atoms with E-state index in [1.807, 2.05) is 19.1 Å². The van der Waals surface area contributed by atoms with Crippen molar-refractivity contribution in [2.45, 2.75) is 20.4 Å². The van der Waals surface area contributed by atoms with Gasteiger partial charge < -0.3 is 5.32 Å². The standard InChI is InChI=1S/C13H12BrClN2OS/c1-7-3-12(10(8(2)18)4-11(7)14)16-5-9-6-17-13(15)19-9/h3-4,6,16H,5H2,1-2H3. The maximum absolute atomic E-state index is 11.7. The summed E-state index contributed by atoms with van der Waals surface area (Å²) in [6.45, 7) is 4.15. The molecule has 0 unspecified atom stereocenters. The van der Waals surface area contributed by atoms with Crippen molar-refractivity contribution < 1.29 is 4.79 Å². The monoisotopic (exact) mass is 358 g/mol. The average Bonchev–Trinajstić information content (AvgIpc) is 2.76. The highest BCUT2D eigenvalue weighted by atomic mass is 79.9. The normalized spacial score (nSPS) is 10.5. The largest absolute Gasteiger partial charge is 0.379 e. The molecule has 0 saturated carbocycles. The lowest BCUT2D eigenvalue weighted by molar-refractivity contribution is 0.101. The van der Waals surface area contributed by atoms with E-state index in [0.29, 0.717) is 16.6 Å². The number of benzene rings is 1. The summed E-state index contributed by atoms with van der Waals surface area (Å²) in [5.41, 5.74) is 2.58. The van der Waals surface area contributed by atoms with Crippen LogP contribution < -0.4 is 5.32 Å². The Morgan fingerprint density at radius 3 is 2.84 bits per heavy atom.